The van der Waals surface area contributed by atoms with Gasteiger partial charge in [0.2, 0.25) is 5.91 Å². The lowest BCUT2D eigenvalue weighted by Crippen LogP contribution is -2.45. The first-order valence-electron chi connectivity index (χ1n) is 9.35. The molecule has 0 spiro atoms. The molecule has 1 rings (SSSR count). The van der Waals surface area contributed by atoms with Gasteiger partial charge in [0.15, 0.2) is 5.96 Å². The maximum absolute atomic E-state index is 12.6. The van der Waals surface area contributed by atoms with Crippen LogP contribution in [0.5, 0.6) is 0 Å². The minimum absolute atomic E-state index is 0. The van der Waals surface area contributed by atoms with Crippen LogP contribution in [0.2, 0.25) is 0 Å². The SMILES string of the molecule is CCNC(=NCC1CCN(S(=O)(=O)C(F)(F)F)CC1)NCCNC(=O)C(C)C.I. The molecule has 0 bridgehead atoms. The minimum Gasteiger partial charge on any atom is -0.357 e. The summed E-state index contributed by atoms with van der Waals surface area (Å²) in [5, 5.41) is 8.91. The molecule has 1 fully saturated rings. The molecule has 0 radical (unpaired) electrons. The van der Waals surface area contributed by atoms with Gasteiger partial charge >= 0.3 is 15.5 Å². The smallest absolute Gasteiger partial charge is 0.357 e. The number of rotatable bonds is 8. The maximum atomic E-state index is 12.6. The lowest BCUT2D eigenvalue weighted by molar-refractivity contribution is -0.123. The predicted octanol–water partition coefficient (Wildman–Crippen LogP) is 1.49. The van der Waals surface area contributed by atoms with Gasteiger partial charge in [0.05, 0.1) is 0 Å². The van der Waals surface area contributed by atoms with Gasteiger partial charge in [-0.3, -0.25) is 9.79 Å². The standard InChI is InChI=1S/C16H30F3N5O3S.HI/c1-4-20-15(22-8-7-21-14(25)12(2)3)23-11-13-5-9-24(10-6-13)28(26,27)16(17,18)19;/h12-13H,4-11H2,1-3H3,(H,21,25)(H2,20,22,23);1H. The molecule has 0 aromatic carbocycles. The molecule has 172 valence electrons. The third-order valence-electron chi connectivity index (χ3n) is 4.30. The molecular formula is C16H31F3IN5O3S. The summed E-state index contributed by atoms with van der Waals surface area (Å²) in [7, 11) is -5.25. The van der Waals surface area contributed by atoms with Crippen LogP contribution in [-0.2, 0) is 14.8 Å². The summed E-state index contributed by atoms with van der Waals surface area (Å²) in [5.74, 6) is 0.431. The maximum Gasteiger partial charge on any atom is 0.511 e. The molecule has 8 nitrogen and oxygen atoms in total. The molecule has 0 saturated carbocycles. The lowest BCUT2D eigenvalue weighted by atomic mass is 9.98. The molecule has 1 saturated heterocycles. The second kappa shape index (κ2) is 12.8. The van der Waals surface area contributed by atoms with E-state index in [-0.39, 0.29) is 54.8 Å². The molecule has 0 aromatic heterocycles. The van der Waals surface area contributed by atoms with Gasteiger partial charge in [-0.1, -0.05) is 13.8 Å². The van der Waals surface area contributed by atoms with E-state index in [1.54, 1.807) is 13.8 Å². The Morgan fingerprint density at radius 2 is 1.69 bits per heavy atom. The average molecular weight is 557 g/mol. The number of amides is 1. The van der Waals surface area contributed by atoms with E-state index < -0.39 is 15.5 Å². The molecule has 3 N–H and O–H groups in total. The zero-order valence-corrected chi connectivity index (χ0v) is 20.0. The van der Waals surface area contributed by atoms with Crippen LogP contribution >= 0.6 is 24.0 Å². The topological polar surface area (TPSA) is 103 Å². The van der Waals surface area contributed by atoms with Crippen molar-refractivity contribution in [3.8, 4) is 0 Å². The van der Waals surface area contributed by atoms with Crippen LogP contribution in [0, 0.1) is 11.8 Å². The first-order chi connectivity index (χ1) is 13.0. The highest BCUT2D eigenvalue weighted by atomic mass is 127. The highest BCUT2D eigenvalue weighted by Crippen LogP contribution is 2.30. The summed E-state index contributed by atoms with van der Waals surface area (Å²) in [6, 6.07) is 0. The number of carbonyl (C=O) groups excluding carboxylic acids is 1. The Hall–Kier alpha value is -0.830. The monoisotopic (exact) mass is 557 g/mol. The molecule has 29 heavy (non-hydrogen) atoms. The lowest BCUT2D eigenvalue weighted by Gasteiger charge is -2.30. The number of sulfonamides is 1. The van der Waals surface area contributed by atoms with Crippen molar-refractivity contribution in [1.29, 1.82) is 0 Å². The highest BCUT2D eigenvalue weighted by Gasteiger charge is 2.50. The number of hydrogen-bond donors (Lipinski definition) is 3. The second-order valence-electron chi connectivity index (χ2n) is 6.89. The number of aliphatic imine (C=N–C) groups is 1. The van der Waals surface area contributed by atoms with E-state index in [4.69, 9.17) is 0 Å². The molecule has 1 amide bonds. The average Bonchev–Trinajstić information content (AvgIpc) is 2.62. The third-order valence-corrected chi connectivity index (χ3v) is 5.93. The largest absolute Gasteiger partial charge is 0.511 e. The summed E-state index contributed by atoms with van der Waals surface area (Å²) < 4.78 is 61.1. The van der Waals surface area contributed by atoms with E-state index in [0.29, 0.717) is 49.3 Å². The van der Waals surface area contributed by atoms with E-state index in [1.165, 1.54) is 0 Å². The number of nitrogens with one attached hydrogen (secondary N) is 3. The quantitative estimate of drug-likeness (QED) is 0.182. The van der Waals surface area contributed by atoms with Crippen molar-refractivity contribution in [2.75, 3.05) is 39.3 Å². The Morgan fingerprint density at radius 3 is 2.17 bits per heavy atom. The molecule has 0 aromatic rings. The van der Waals surface area contributed by atoms with Gasteiger partial charge in [0.1, 0.15) is 0 Å². The fraction of sp³-hybridized carbons (Fsp3) is 0.875. The Morgan fingerprint density at radius 1 is 1.14 bits per heavy atom. The number of guanidine groups is 1. The predicted molar refractivity (Wildman–Crippen MR) is 117 cm³/mol. The van der Waals surface area contributed by atoms with Crippen LogP contribution < -0.4 is 16.0 Å². The van der Waals surface area contributed by atoms with Crippen LogP contribution in [0.1, 0.15) is 33.6 Å². The van der Waals surface area contributed by atoms with Crippen molar-refractivity contribution in [3.05, 3.63) is 0 Å². The Balaban J connectivity index is 0.00000784. The zero-order valence-electron chi connectivity index (χ0n) is 16.9. The number of carbonyl (C=O) groups is 1. The van der Waals surface area contributed by atoms with E-state index in [0.717, 1.165) is 0 Å². The van der Waals surface area contributed by atoms with Crippen molar-refractivity contribution in [1.82, 2.24) is 20.3 Å². The van der Waals surface area contributed by atoms with Crippen molar-refractivity contribution >= 4 is 45.9 Å². The van der Waals surface area contributed by atoms with E-state index in [9.17, 15) is 26.4 Å². The third kappa shape index (κ3) is 9.24. The van der Waals surface area contributed by atoms with Gasteiger partial charge in [-0.15, -0.1) is 24.0 Å². The van der Waals surface area contributed by atoms with E-state index in [1.807, 2.05) is 6.92 Å². The van der Waals surface area contributed by atoms with Gasteiger partial charge in [0.25, 0.3) is 0 Å². The Kier molecular flexibility index (Phi) is 12.4. The number of halogens is 4. The van der Waals surface area contributed by atoms with Gasteiger partial charge in [-0.2, -0.15) is 17.5 Å². The molecule has 1 heterocycles. The van der Waals surface area contributed by atoms with Gasteiger partial charge in [0, 0.05) is 45.2 Å². The summed E-state index contributed by atoms with van der Waals surface area (Å²) in [4.78, 5) is 15.9. The van der Waals surface area contributed by atoms with Crippen LogP contribution in [0.4, 0.5) is 13.2 Å². The zero-order chi connectivity index (χ0) is 21.4. The van der Waals surface area contributed by atoms with Gasteiger partial charge in [-0.25, -0.2) is 8.42 Å². The van der Waals surface area contributed by atoms with E-state index in [2.05, 4.69) is 20.9 Å². The Labute approximate surface area is 187 Å². The summed E-state index contributed by atoms with van der Waals surface area (Å²) in [5.41, 5.74) is -5.26. The fourth-order valence-corrected chi connectivity index (χ4v) is 3.60. The molecular weight excluding hydrogens is 526 g/mol. The van der Waals surface area contributed by atoms with Crippen LogP contribution in [0.3, 0.4) is 0 Å². The van der Waals surface area contributed by atoms with Crippen molar-refractivity contribution in [2.45, 2.75) is 39.1 Å². The molecule has 1 aliphatic rings. The molecule has 0 atom stereocenters. The first-order valence-corrected chi connectivity index (χ1v) is 10.8. The first kappa shape index (κ1) is 28.2. The molecule has 0 unspecified atom stereocenters. The molecule has 13 heteroatoms. The van der Waals surface area contributed by atoms with Crippen LogP contribution in [0.15, 0.2) is 4.99 Å². The van der Waals surface area contributed by atoms with Gasteiger partial charge < -0.3 is 16.0 Å². The van der Waals surface area contributed by atoms with Crippen molar-refractivity contribution < 1.29 is 26.4 Å². The number of piperidine rings is 1. The van der Waals surface area contributed by atoms with Crippen molar-refractivity contribution in [3.63, 3.8) is 0 Å². The number of alkyl halides is 3. The normalized spacial score (nSPS) is 17.0. The second-order valence-corrected chi connectivity index (χ2v) is 8.81. The summed E-state index contributed by atoms with van der Waals surface area (Å²) in [6.07, 6.45) is 0.644. The summed E-state index contributed by atoms with van der Waals surface area (Å²) in [6.45, 7) is 7.12. The van der Waals surface area contributed by atoms with Crippen LogP contribution in [-0.4, -0.2) is 69.4 Å². The summed E-state index contributed by atoms with van der Waals surface area (Å²) >= 11 is 0. The Bertz CT molecular complexity index is 636. The molecule has 0 aliphatic carbocycles. The number of nitrogens with zero attached hydrogens (tertiary/aromatic N) is 2. The molecule has 1 aliphatic heterocycles. The van der Waals surface area contributed by atoms with Crippen LogP contribution in [0.25, 0.3) is 0 Å². The van der Waals surface area contributed by atoms with Crippen molar-refractivity contribution in [2.24, 2.45) is 16.8 Å². The van der Waals surface area contributed by atoms with E-state index >= 15 is 0 Å². The number of hydrogen-bond acceptors (Lipinski definition) is 4. The van der Waals surface area contributed by atoms with Gasteiger partial charge in [-0.05, 0) is 25.7 Å². The highest BCUT2D eigenvalue weighted by molar-refractivity contribution is 14.0. The fourth-order valence-electron chi connectivity index (χ4n) is 2.61. The minimum atomic E-state index is -5.26.